The first-order valence-electron chi connectivity index (χ1n) is 6.92. The number of anilines is 1. The van der Waals surface area contributed by atoms with Gasteiger partial charge >= 0.3 is 0 Å². The zero-order chi connectivity index (χ0) is 17.3. The van der Waals surface area contributed by atoms with E-state index in [-0.39, 0.29) is 11.6 Å². The van der Waals surface area contributed by atoms with Gasteiger partial charge in [0.25, 0.3) is 11.6 Å². The summed E-state index contributed by atoms with van der Waals surface area (Å²) >= 11 is 6.46. The largest absolute Gasteiger partial charge is 0.270 e. The van der Waals surface area contributed by atoms with Crippen LogP contribution in [0.25, 0.3) is 6.08 Å². The molecule has 3 rings (SSSR count). The Hall–Kier alpha value is -2.58. The van der Waals surface area contributed by atoms with E-state index in [9.17, 15) is 14.9 Å². The molecule has 6 nitrogen and oxygen atoms in total. The van der Waals surface area contributed by atoms with Crippen LogP contribution in [0.2, 0.25) is 0 Å². The first-order chi connectivity index (χ1) is 11.5. The van der Waals surface area contributed by atoms with Gasteiger partial charge in [0, 0.05) is 17.8 Å². The molecule has 1 aliphatic rings. The van der Waals surface area contributed by atoms with Crippen molar-refractivity contribution >= 4 is 51.7 Å². The number of non-ortho nitro benzene ring substituents is 1. The number of aryl methyl sites for hydroxylation is 1. The first-order valence-corrected chi connectivity index (χ1v) is 8.14. The Morgan fingerprint density at radius 1 is 1.25 bits per heavy atom. The molecule has 0 radical (unpaired) electrons. The molecule has 1 amide bonds. The molecule has 0 saturated carbocycles. The minimum absolute atomic E-state index is 0.0382. The van der Waals surface area contributed by atoms with Crippen molar-refractivity contribution in [1.82, 2.24) is 4.98 Å². The topological polar surface area (TPSA) is 76.3 Å². The molecular formula is C16H11N3O3S2. The van der Waals surface area contributed by atoms with E-state index in [2.05, 4.69) is 4.98 Å². The predicted octanol–water partition coefficient (Wildman–Crippen LogP) is 3.70. The Balaban J connectivity index is 1.90. The van der Waals surface area contributed by atoms with Gasteiger partial charge in [-0.3, -0.25) is 24.8 Å². The number of carbonyl (C=O) groups excluding carboxylic acids is 1. The van der Waals surface area contributed by atoms with Gasteiger partial charge in [0.2, 0.25) is 0 Å². The van der Waals surface area contributed by atoms with Crippen LogP contribution in [0.3, 0.4) is 0 Å². The number of amides is 1. The third-order valence-corrected chi connectivity index (χ3v) is 4.60. The van der Waals surface area contributed by atoms with Gasteiger partial charge in [-0.25, -0.2) is 0 Å². The van der Waals surface area contributed by atoms with Crippen LogP contribution >= 0.6 is 24.0 Å². The van der Waals surface area contributed by atoms with Crippen LogP contribution < -0.4 is 4.90 Å². The van der Waals surface area contributed by atoms with Crippen LogP contribution in [0, 0.1) is 17.0 Å². The number of hydrogen-bond donors (Lipinski definition) is 0. The number of hydrogen-bond acceptors (Lipinski definition) is 6. The number of thioether (sulfide) groups is 1. The summed E-state index contributed by atoms with van der Waals surface area (Å²) in [5, 5.41) is 10.7. The fourth-order valence-electron chi connectivity index (χ4n) is 2.19. The van der Waals surface area contributed by atoms with E-state index in [0.717, 1.165) is 5.69 Å². The van der Waals surface area contributed by atoms with Gasteiger partial charge in [0.05, 0.1) is 21.2 Å². The van der Waals surface area contributed by atoms with Crippen molar-refractivity contribution in [3.63, 3.8) is 0 Å². The molecule has 8 heteroatoms. The van der Waals surface area contributed by atoms with E-state index in [4.69, 9.17) is 12.2 Å². The molecule has 1 saturated heterocycles. The summed E-state index contributed by atoms with van der Waals surface area (Å²) in [6, 6.07) is 11.3. The molecule has 0 N–H and O–H groups in total. The van der Waals surface area contributed by atoms with Gasteiger partial charge < -0.3 is 0 Å². The van der Waals surface area contributed by atoms with Crippen LogP contribution in [0.15, 0.2) is 47.4 Å². The Morgan fingerprint density at radius 2 is 1.96 bits per heavy atom. The summed E-state index contributed by atoms with van der Waals surface area (Å²) in [5.74, 6) is -0.262. The highest BCUT2D eigenvalue weighted by molar-refractivity contribution is 8.27. The molecule has 0 bridgehead atoms. The summed E-state index contributed by atoms with van der Waals surface area (Å²) in [6.45, 7) is 1.87. The minimum Gasteiger partial charge on any atom is -0.268 e. The maximum atomic E-state index is 12.6. The van der Waals surface area contributed by atoms with E-state index in [0.29, 0.717) is 20.6 Å². The van der Waals surface area contributed by atoms with Gasteiger partial charge in [0.15, 0.2) is 4.32 Å². The lowest BCUT2D eigenvalue weighted by atomic mass is 10.2. The smallest absolute Gasteiger partial charge is 0.268 e. The second kappa shape index (κ2) is 6.50. The molecule has 0 unspecified atom stereocenters. The molecule has 120 valence electrons. The number of thiocarbonyl (C=S) groups is 1. The highest BCUT2D eigenvalue weighted by Gasteiger charge is 2.33. The molecule has 0 atom stereocenters. The van der Waals surface area contributed by atoms with Crippen molar-refractivity contribution in [3.05, 3.63) is 68.9 Å². The molecule has 1 aromatic heterocycles. The van der Waals surface area contributed by atoms with Gasteiger partial charge in [0.1, 0.15) is 0 Å². The second-order valence-corrected chi connectivity index (χ2v) is 6.67. The van der Waals surface area contributed by atoms with Gasteiger partial charge in [-0.1, -0.05) is 30.0 Å². The zero-order valence-corrected chi connectivity index (χ0v) is 14.1. The number of nitro benzene ring substituents is 1. The van der Waals surface area contributed by atoms with E-state index in [1.54, 1.807) is 6.08 Å². The lowest BCUT2D eigenvalue weighted by molar-refractivity contribution is -0.384. The van der Waals surface area contributed by atoms with E-state index in [1.807, 2.05) is 25.1 Å². The highest BCUT2D eigenvalue weighted by atomic mass is 32.2. The highest BCUT2D eigenvalue weighted by Crippen LogP contribution is 2.36. The summed E-state index contributed by atoms with van der Waals surface area (Å²) in [5.41, 5.74) is 2.00. The molecule has 0 aliphatic carbocycles. The van der Waals surface area contributed by atoms with E-state index < -0.39 is 4.92 Å². The number of carbonyl (C=O) groups is 1. The van der Waals surface area contributed by atoms with Crippen molar-refractivity contribution in [3.8, 4) is 0 Å². The lowest BCUT2D eigenvalue weighted by Gasteiger charge is -2.13. The Labute approximate surface area is 147 Å². The average molecular weight is 357 g/mol. The molecular weight excluding hydrogens is 346 g/mol. The fourth-order valence-corrected chi connectivity index (χ4v) is 3.48. The second-order valence-electron chi connectivity index (χ2n) is 4.99. The molecule has 1 aromatic carbocycles. The maximum Gasteiger partial charge on any atom is 0.270 e. The SMILES string of the molecule is Cc1cccc(/C=C2\SC(=S)N(c3ccc([N+](=O)[O-])cc3)C2=O)n1. The number of nitrogens with zero attached hydrogens (tertiary/aromatic N) is 3. The van der Waals surface area contributed by atoms with Gasteiger partial charge in [-0.15, -0.1) is 0 Å². The zero-order valence-electron chi connectivity index (χ0n) is 12.5. The Bertz CT molecular complexity index is 878. The monoisotopic (exact) mass is 357 g/mol. The molecule has 2 heterocycles. The standard InChI is InChI=1S/C16H11N3O3S2/c1-10-3-2-4-11(17-10)9-14-15(20)18(16(23)24-14)12-5-7-13(8-6-12)19(21)22/h2-9H,1H3/b14-9-. The lowest BCUT2D eigenvalue weighted by Crippen LogP contribution is -2.27. The summed E-state index contributed by atoms with van der Waals surface area (Å²) in [6.07, 6.45) is 1.69. The van der Waals surface area contributed by atoms with Crippen molar-refractivity contribution < 1.29 is 9.72 Å². The molecule has 1 aliphatic heterocycles. The molecule has 0 spiro atoms. The minimum atomic E-state index is -0.489. The van der Waals surface area contributed by atoms with E-state index >= 15 is 0 Å². The third-order valence-electron chi connectivity index (χ3n) is 3.30. The van der Waals surface area contributed by atoms with Crippen molar-refractivity contribution in [2.24, 2.45) is 0 Å². The third kappa shape index (κ3) is 3.19. The van der Waals surface area contributed by atoms with Gasteiger partial charge in [-0.2, -0.15) is 0 Å². The summed E-state index contributed by atoms with van der Waals surface area (Å²) in [7, 11) is 0. The Morgan fingerprint density at radius 3 is 2.58 bits per heavy atom. The van der Waals surface area contributed by atoms with E-state index in [1.165, 1.54) is 40.9 Å². The number of nitro groups is 1. The molecule has 2 aromatic rings. The predicted molar refractivity (Wildman–Crippen MR) is 97.7 cm³/mol. The van der Waals surface area contributed by atoms with Crippen LogP contribution in [0.4, 0.5) is 11.4 Å². The van der Waals surface area contributed by atoms with Crippen LogP contribution in [-0.4, -0.2) is 20.1 Å². The average Bonchev–Trinajstić information content (AvgIpc) is 2.81. The summed E-state index contributed by atoms with van der Waals surface area (Å²) in [4.78, 5) is 29.0. The normalized spacial score (nSPS) is 16.0. The number of pyridine rings is 1. The van der Waals surface area contributed by atoms with Crippen molar-refractivity contribution in [1.29, 1.82) is 0 Å². The first kappa shape index (κ1) is 16.3. The van der Waals surface area contributed by atoms with Crippen molar-refractivity contribution in [2.45, 2.75) is 6.92 Å². The molecule has 1 fully saturated rings. The molecule has 24 heavy (non-hydrogen) atoms. The Kier molecular flexibility index (Phi) is 4.41. The summed E-state index contributed by atoms with van der Waals surface area (Å²) < 4.78 is 0.382. The maximum absolute atomic E-state index is 12.6. The number of rotatable bonds is 3. The van der Waals surface area contributed by atoms with Crippen molar-refractivity contribution in [2.75, 3.05) is 4.90 Å². The number of benzene rings is 1. The fraction of sp³-hybridized carbons (Fsp3) is 0.0625. The van der Waals surface area contributed by atoms with Crippen LogP contribution in [0.1, 0.15) is 11.4 Å². The van der Waals surface area contributed by atoms with Crippen LogP contribution in [0.5, 0.6) is 0 Å². The van der Waals surface area contributed by atoms with Gasteiger partial charge in [-0.05, 0) is 37.3 Å². The quantitative estimate of drug-likeness (QED) is 0.361. The van der Waals surface area contributed by atoms with Crippen LogP contribution in [-0.2, 0) is 4.79 Å². The number of aromatic nitrogens is 1.